The number of hydrogen-bond acceptors (Lipinski definition) is 4. The molecule has 0 bridgehead atoms. The highest BCUT2D eigenvalue weighted by Crippen LogP contribution is 2.29. The maximum atomic E-state index is 13.1. The van der Waals surface area contributed by atoms with E-state index in [0.29, 0.717) is 23.7 Å². The van der Waals surface area contributed by atoms with E-state index < -0.39 is 10.0 Å². The number of sulfonamides is 1. The number of carbonyl (C=O) groups excluding carboxylic acids is 1. The van der Waals surface area contributed by atoms with Gasteiger partial charge in [0.2, 0.25) is 15.9 Å². The van der Waals surface area contributed by atoms with Gasteiger partial charge in [0.25, 0.3) is 0 Å². The van der Waals surface area contributed by atoms with Crippen LogP contribution in [-0.4, -0.2) is 44.3 Å². The minimum Gasteiger partial charge on any atom is -0.354 e. The molecule has 1 aliphatic rings. The first kappa shape index (κ1) is 19.2. The summed E-state index contributed by atoms with van der Waals surface area (Å²) in [6, 6.07) is 4.65. The smallest absolute Gasteiger partial charge is 0.243 e. The SMILES string of the molecule is Cc1c(Cl)cccc1S(=O)(=O)N1CCCCC1CNC(=O)CCN. The van der Waals surface area contributed by atoms with Gasteiger partial charge in [-0.2, -0.15) is 4.31 Å². The number of rotatable bonds is 6. The van der Waals surface area contributed by atoms with Gasteiger partial charge in [0, 0.05) is 37.1 Å². The van der Waals surface area contributed by atoms with Crippen LogP contribution in [0.4, 0.5) is 0 Å². The summed E-state index contributed by atoms with van der Waals surface area (Å²) < 4.78 is 27.6. The van der Waals surface area contributed by atoms with E-state index in [1.165, 1.54) is 4.31 Å². The Morgan fingerprint density at radius 2 is 2.17 bits per heavy atom. The number of benzene rings is 1. The number of halogens is 1. The van der Waals surface area contributed by atoms with Crippen molar-refractivity contribution in [3.05, 3.63) is 28.8 Å². The Labute approximate surface area is 148 Å². The number of nitrogens with zero attached hydrogens (tertiary/aromatic N) is 1. The highest BCUT2D eigenvalue weighted by Gasteiger charge is 2.34. The fourth-order valence-electron chi connectivity index (χ4n) is 2.94. The van der Waals surface area contributed by atoms with Crippen LogP contribution < -0.4 is 11.1 Å². The predicted octanol–water partition coefficient (Wildman–Crippen LogP) is 1.66. The molecule has 0 radical (unpaired) electrons. The van der Waals surface area contributed by atoms with Gasteiger partial charge in [-0.25, -0.2) is 8.42 Å². The molecule has 0 saturated carbocycles. The lowest BCUT2D eigenvalue weighted by Crippen LogP contribution is -2.49. The molecule has 0 aromatic heterocycles. The van der Waals surface area contributed by atoms with E-state index >= 15 is 0 Å². The summed E-state index contributed by atoms with van der Waals surface area (Å²) in [5.74, 6) is -0.153. The Kier molecular flexibility index (Phi) is 6.62. The van der Waals surface area contributed by atoms with Gasteiger partial charge in [0.05, 0.1) is 4.90 Å². The molecule has 6 nitrogen and oxygen atoms in total. The van der Waals surface area contributed by atoms with Crippen molar-refractivity contribution in [1.82, 2.24) is 9.62 Å². The Bertz CT molecular complexity index is 694. The highest BCUT2D eigenvalue weighted by atomic mass is 35.5. The fourth-order valence-corrected chi connectivity index (χ4v) is 5.11. The van der Waals surface area contributed by atoms with E-state index in [1.54, 1.807) is 25.1 Å². The molecular weight excluding hydrogens is 350 g/mol. The third-order valence-electron chi connectivity index (χ3n) is 4.28. The molecule has 1 unspecified atom stereocenters. The number of piperidine rings is 1. The van der Waals surface area contributed by atoms with Crippen molar-refractivity contribution in [2.45, 2.75) is 43.5 Å². The first-order chi connectivity index (χ1) is 11.4. The molecule has 134 valence electrons. The Morgan fingerprint density at radius 3 is 2.88 bits per heavy atom. The van der Waals surface area contributed by atoms with E-state index in [0.717, 1.165) is 19.3 Å². The van der Waals surface area contributed by atoms with Crippen LogP contribution in [0.1, 0.15) is 31.2 Å². The van der Waals surface area contributed by atoms with Gasteiger partial charge in [-0.15, -0.1) is 0 Å². The van der Waals surface area contributed by atoms with Crippen LogP contribution in [0.3, 0.4) is 0 Å². The van der Waals surface area contributed by atoms with Crippen molar-refractivity contribution in [3.8, 4) is 0 Å². The average molecular weight is 374 g/mol. The van der Waals surface area contributed by atoms with Crippen LogP contribution in [0.5, 0.6) is 0 Å². The number of nitrogens with one attached hydrogen (secondary N) is 1. The van der Waals surface area contributed by atoms with Crippen LogP contribution in [0.15, 0.2) is 23.1 Å². The summed E-state index contributed by atoms with van der Waals surface area (Å²) in [5, 5.41) is 3.21. The molecular formula is C16H24ClN3O3S. The van der Waals surface area contributed by atoms with E-state index in [4.69, 9.17) is 17.3 Å². The molecule has 24 heavy (non-hydrogen) atoms. The molecule has 8 heteroatoms. The largest absolute Gasteiger partial charge is 0.354 e. The molecule has 1 atom stereocenters. The topological polar surface area (TPSA) is 92.5 Å². The lowest BCUT2D eigenvalue weighted by atomic mass is 10.1. The van der Waals surface area contributed by atoms with Crippen molar-refractivity contribution in [3.63, 3.8) is 0 Å². The second-order valence-corrected chi connectivity index (χ2v) is 8.24. The normalized spacial score (nSPS) is 19.2. The summed E-state index contributed by atoms with van der Waals surface area (Å²) in [6.07, 6.45) is 2.72. The monoisotopic (exact) mass is 373 g/mol. The van der Waals surface area contributed by atoms with Crippen LogP contribution >= 0.6 is 11.6 Å². The second-order valence-electron chi connectivity index (χ2n) is 5.97. The van der Waals surface area contributed by atoms with Crippen molar-refractivity contribution < 1.29 is 13.2 Å². The minimum absolute atomic E-state index is 0.153. The lowest BCUT2D eigenvalue weighted by Gasteiger charge is -2.35. The quantitative estimate of drug-likeness (QED) is 0.793. The summed E-state index contributed by atoms with van der Waals surface area (Å²) in [4.78, 5) is 11.9. The van der Waals surface area contributed by atoms with Gasteiger partial charge in [0.1, 0.15) is 0 Å². The standard InChI is InChI=1S/C16H24ClN3O3S/c1-12-14(17)6-4-7-15(12)24(22,23)20-10-3-2-5-13(20)11-19-16(21)8-9-18/h4,6-7,13H,2-3,5,8-11,18H2,1H3,(H,19,21). The molecule has 0 aliphatic carbocycles. The molecule has 1 amide bonds. The Balaban J connectivity index is 2.22. The third-order valence-corrected chi connectivity index (χ3v) is 6.79. The fraction of sp³-hybridized carbons (Fsp3) is 0.562. The van der Waals surface area contributed by atoms with E-state index in [9.17, 15) is 13.2 Å². The average Bonchev–Trinajstić information content (AvgIpc) is 2.56. The van der Waals surface area contributed by atoms with Gasteiger partial charge in [-0.05, 0) is 37.5 Å². The highest BCUT2D eigenvalue weighted by molar-refractivity contribution is 7.89. The summed E-state index contributed by atoms with van der Waals surface area (Å²) >= 11 is 6.08. The molecule has 1 aliphatic heterocycles. The summed E-state index contributed by atoms with van der Waals surface area (Å²) in [5.41, 5.74) is 5.91. The van der Waals surface area contributed by atoms with Gasteiger partial charge in [-0.3, -0.25) is 4.79 Å². The molecule has 1 fully saturated rings. The van der Waals surface area contributed by atoms with Crippen LogP contribution in [-0.2, 0) is 14.8 Å². The van der Waals surface area contributed by atoms with Gasteiger partial charge >= 0.3 is 0 Å². The Morgan fingerprint density at radius 1 is 1.42 bits per heavy atom. The number of nitrogens with two attached hydrogens (primary N) is 1. The van der Waals surface area contributed by atoms with Crippen LogP contribution in [0, 0.1) is 6.92 Å². The first-order valence-electron chi connectivity index (χ1n) is 8.11. The van der Waals surface area contributed by atoms with Gasteiger partial charge in [0.15, 0.2) is 0 Å². The molecule has 1 saturated heterocycles. The van der Waals surface area contributed by atoms with Crippen molar-refractivity contribution in [2.24, 2.45) is 5.73 Å². The van der Waals surface area contributed by atoms with Gasteiger partial charge < -0.3 is 11.1 Å². The molecule has 1 aromatic carbocycles. The van der Waals surface area contributed by atoms with E-state index in [-0.39, 0.29) is 29.8 Å². The molecule has 1 heterocycles. The van der Waals surface area contributed by atoms with Crippen molar-refractivity contribution >= 4 is 27.5 Å². The van der Waals surface area contributed by atoms with Crippen LogP contribution in [0.2, 0.25) is 5.02 Å². The lowest BCUT2D eigenvalue weighted by molar-refractivity contribution is -0.121. The van der Waals surface area contributed by atoms with Crippen molar-refractivity contribution in [2.75, 3.05) is 19.6 Å². The zero-order valence-electron chi connectivity index (χ0n) is 13.8. The molecule has 1 aromatic rings. The van der Waals surface area contributed by atoms with E-state index in [2.05, 4.69) is 5.32 Å². The maximum absolute atomic E-state index is 13.1. The van der Waals surface area contributed by atoms with Gasteiger partial charge in [-0.1, -0.05) is 24.1 Å². The first-order valence-corrected chi connectivity index (χ1v) is 9.93. The second kappa shape index (κ2) is 8.29. The van der Waals surface area contributed by atoms with Crippen LogP contribution in [0.25, 0.3) is 0 Å². The Hall–Kier alpha value is -1.15. The molecule has 3 N–H and O–H groups in total. The third kappa shape index (κ3) is 4.27. The summed E-state index contributed by atoms with van der Waals surface area (Å²) in [6.45, 7) is 2.74. The minimum atomic E-state index is -3.65. The zero-order chi connectivity index (χ0) is 17.7. The number of carbonyl (C=O) groups is 1. The molecule has 0 spiro atoms. The van der Waals surface area contributed by atoms with E-state index in [1.807, 2.05) is 0 Å². The summed E-state index contributed by atoms with van der Waals surface area (Å²) in [7, 11) is -3.65. The maximum Gasteiger partial charge on any atom is 0.243 e. The zero-order valence-corrected chi connectivity index (χ0v) is 15.4. The number of amides is 1. The predicted molar refractivity (Wildman–Crippen MR) is 94.4 cm³/mol. The molecule has 2 rings (SSSR count). The van der Waals surface area contributed by atoms with Crippen molar-refractivity contribution in [1.29, 1.82) is 0 Å². The number of hydrogen-bond donors (Lipinski definition) is 2.